The maximum atomic E-state index is 12.4. The maximum absolute atomic E-state index is 12.4. The third kappa shape index (κ3) is 3.41. The average Bonchev–Trinajstić information content (AvgIpc) is 2.45. The van der Waals surface area contributed by atoms with Crippen LogP contribution in [0.4, 0.5) is 0 Å². The summed E-state index contributed by atoms with van der Waals surface area (Å²) >= 11 is 0. The molecule has 0 aromatic carbocycles. The molecule has 1 unspecified atom stereocenters. The molecule has 1 aromatic heterocycles. The molecule has 0 aliphatic carbocycles. The number of ether oxygens (including phenoxy) is 1. The normalized spacial score (nSPS) is 13.4. The van der Waals surface area contributed by atoms with Crippen molar-refractivity contribution in [2.75, 3.05) is 7.11 Å². The Kier molecular flexibility index (Phi) is 5.24. The van der Waals surface area contributed by atoms with Crippen molar-refractivity contribution in [3.63, 3.8) is 0 Å². The molecule has 0 radical (unpaired) electrons. The van der Waals surface area contributed by atoms with Gasteiger partial charge >= 0.3 is 5.97 Å². The van der Waals surface area contributed by atoms with E-state index in [1.807, 2.05) is 0 Å². The zero-order chi connectivity index (χ0) is 17.1. The SMILES string of the molecule is COC(=O)c1cc(C)cnc1C(=O)NC(C)(C(N)=O)C(C)C. The number of hydrogen-bond donors (Lipinski definition) is 2. The standard InChI is InChI=1S/C15H21N3O4/c1-8(2)15(4,14(16)21)18-12(19)11-10(13(20)22-5)6-9(3)7-17-11/h6-8H,1-5H3,(H2,16,21)(H,18,19). The Morgan fingerprint density at radius 1 is 1.36 bits per heavy atom. The van der Waals surface area contributed by atoms with Crippen LogP contribution in [0.25, 0.3) is 0 Å². The summed E-state index contributed by atoms with van der Waals surface area (Å²) in [5, 5.41) is 2.56. The van der Waals surface area contributed by atoms with E-state index in [1.165, 1.54) is 26.3 Å². The lowest BCUT2D eigenvalue weighted by molar-refractivity contribution is -0.125. The number of carbonyl (C=O) groups excluding carboxylic acids is 3. The van der Waals surface area contributed by atoms with Crippen molar-refractivity contribution in [3.8, 4) is 0 Å². The predicted octanol–water partition coefficient (Wildman–Crippen LogP) is 0.806. The molecule has 3 N–H and O–H groups in total. The second-order valence-corrected chi connectivity index (χ2v) is 5.58. The third-order valence-corrected chi connectivity index (χ3v) is 3.68. The Labute approximate surface area is 129 Å². The number of hydrogen-bond acceptors (Lipinski definition) is 5. The van der Waals surface area contributed by atoms with Crippen LogP contribution in [0, 0.1) is 12.8 Å². The first-order valence-electron chi connectivity index (χ1n) is 6.80. The fourth-order valence-electron chi connectivity index (χ4n) is 1.80. The van der Waals surface area contributed by atoms with Crippen molar-refractivity contribution in [2.24, 2.45) is 11.7 Å². The number of carbonyl (C=O) groups is 3. The van der Waals surface area contributed by atoms with Crippen molar-refractivity contribution < 1.29 is 19.1 Å². The first kappa shape index (κ1) is 17.6. The van der Waals surface area contributed by atoms with E-state index < -0.39 is 23.3 Å². The van der Waals surface area contributed by atoms with Gasteiger partial charge in [-0.1, -0.05) is 13.8 Å². The molecule has 1 atom stereocenters. The molecule has 0 bridgehead atoms. The lowest BCUT2D eigenvalue weighted by Crippen LogP contribution is -2.58. The van der Waals surface area contributed by atoms with Crippen molar-refractivity contribution in [2.45, 2.75) is 33.2 Å². The molecule has 0 spiro atoms. The molecule has 0 aliphatic rings. The van der Waals surface area contributed by atoms with E-state index in [4.69, 9.17) is 5.73 Å². The second kappa shape index (κ2) is 6.55. The minimum absolute atomic E-state index is 0.0376. The summed E-state index contributed by atoms with van der Waals surface area (Å²) in [4.78, 5) is 39.9. The molecule has 1 heterocycles. The molecule has 2 amide bonds. The van der Waals surface area contributed by atoms with E-state index in [0.29, 0.717) is 5.56 Å². The van der Waals surface area contributed by atoms with E-state index in [-0.39, 0.29) is 17.2 Å². The Hall–Kier alpha value is -2.44. The van der Waals surface area contributed by atoms with Gasteiger partial charge in [0.15, 0.2) is 0 Å². The molecular weight excluding hydrogens is 286 g/mol. The van der Waals surface area contributed by atoms with Gasteiger partial charge in [-0.3, -0.25) is 9.59 Å². The van der Waals surface area contributed by atoms with Crippen LogP contribution >= 0.6 is 0 Å². The molecule has 0 saturated carbocycles. The molecule has 0 aliphatic heterocycles. The lowest BCUT2D eigenvalue weighted by atomic mass is 9.87. The average molecular weight is 307 g/mol. The second-order valence-electron chi connectivity index (χ2n) is 5.58. The van der Waals surface area contributed by atoms with Crippen LogP contribution in [0.2, 0.25) is 0 Å². The molecule has 0 saturated heterocycles. The third-order valence-electron chi connectivity index (χ3n) is 3.68. The maximum Gasteiger partial charge on any atom is 0.340 e. The van der Waals surface area contributed by atoms with Gasteiger partial charge in [-0.15, -0.1) is 0 Å². The first-order valence-corrected chi connectivity index (χ1v) is 6.80. The Morgan fingerprint density at radius 3 is 2.41 bits per heavy atom. The Bertz CT molecular complexity index is 613. The number of amides is 2. The number of aromatic nitrogens is 1. The molecule has 1 aromatic rings. The zero-order valence-electron chi connectivity index (χ0n) is 13.4. The molecule has 0 fully saturated rings. The van der Waals surface area contributed by atoms with E-state index in [9.17, 15) is 14.4 Å². The van der Waals surface area contributed by atoms with Gasteiger partial charge in [0.2, 0.25) is 5.91 Å². The smallest absolute Gasteiger partial charge is 0.340 e. The summed E-state index contributed by atoms with van der Waals surface area (Å²) in [5.74, 6) is -2.23. The minimum atomic E-state index is -1.25. The summed E-state index contributed by atoms with van der Waals surface area (Å²) in [6, 6.07) is 1.50. The number of aryl methyl sites for hydroxylation is 1. The fourth-order valence-corrected chi connectivity index (χ4v) is 1.80. The predicted molar refractivity (Wildman–Crippen MR) is 80.2 cm³/mol. The Balaban J connectivity index is 3.24. The highest BCUT2D eigenvalue weighted by molar-refractivity contribution is 6.05. The highest BCUT2D eigenvalue weighted by Crippen LogP contribution is 2.18. The van der Waals surface area contributed by atoms with Gasteiger partial charge in [-0.25, -0.2) is 9.78 Å². The van der Waals surface area contributed by atoms with E-state index in [0.717, 1.165) is 0 Å². The Morgan fingerprint density at radius 2 is 1.95 bits per heavy atom. The molecule has 22 heavy (non-hydrogen) atoms. The van der Waals surface area contributed by atoms with Gasteiger partial charge < -0.3 is 15.8 Å². The monoisotopic (exact) mass is 307 g/mol. The summed E-state index contributed by atoms with van der Waals surface area (Å²) in [7, 11) is 1.22. The first-order chi connectivity index (χ1) is 10.1. The summed E-state index contributed by atoms with van der Waals surface area (Å²) < 4.78 is 4.66. The van der Waals surface area contributed by atoms with Crippen LogP contribution in [0.15, 0.2) is 12.3 Å². The van der Waals surface area contributed by atoms with Crippen LogP contribution < -0.4 is 11.1 Å². The number of rotatable bonds is 5. The number of nitrogens with zero attached hydrogens (tertiary/aromatic N) is 1. The van der Waals surface area contributed by atoms with Crippen molar-refractivity contribution in [3.05, 3.63) is 29.1 Å². The fraction of sp³-hybridized carbons (Fsp3) is 0.467. The van der Waals surface area contributed by atoms with Gasteiger partial charge in [0.05, 0.1) is 12.7 Å². The van der Waals surface area contributed by atoms with Gasteiger partial charge in [0, 0.05) is 6.20 Å². The van der Waals surface area contributed by atoms with Crippen molar-refractivity contribution in [1.29, 1.82) is 0 Å². The number of nitrogens with two attached hydrogens (primary N) is 1. The van der Waals surface area contributed by atoms with Gasteiger partial charge in [0.25, 0.3) is 5.91 Å². The van der Waals surface area contributed by atoms with Crippen LogP contribution in [-0.4, -0.2) is 35.4 Å². The number of methoxy groups -OCH3 is 1. The van der Waals surface area contributed by atoms with Crippen LogP contribution in [-0.2, 0) is 9.53 Å². The summed E-state index contributed by atoms with van der Waals surface area (Å²) in [6.45, 7) is 6.79. The van der Waals surface area contributed by atoms with Crippen molar-refractivity contribution >= 4 is 17.8 Å². The minimum Gasteiger partial charge on any atom is -0.465 e. The van der Waals surface area contributed by atoms with E-state index >= 15 is 0 Å². The van der Waals surface area contributed by atoms with Gasteiger partial charge in [-0.2, -0.15) is 0 Å². The zero-order valence-corrected chi connectivity index (χ0v) is 13.4. The number of primary amides is 1. The number of pyridine rings is 1. The van der Waals surface area contributed by atoms with Gasteiger partial charge in [-0.05, 0) is 31.4 Å². The largest absolute Gasteiger partial charge is 0.465 e. The van der Waals surface area contributed by atoms with Crippen LogP contribution in [0.5, 0.6) is 0 Å². The topological polar surface area (TPSA) is 111 Å². The van der Waals surface area contributed by atoms with Gasteiger partial charge in [0.1, 0.15) is 11.2 Å². The highest BCUT2D eigenvalue weighted by atomic mass is 16.5. The summed E-state index contributed by atoms with van der Waals surface area (Å²) in [6.07, 6.45) is 1.46. The molecule has 1 rings (SSSR count). The molecule has 7 nitrogen and oxygen atoms in total. The highest BCUT2D eigenvalue weighted by Gasteiger charge is 2.37. The quantitative estimate of drug-likeness (QED) is 0.782. The summed E-state index contributed by atoms with van der Waals surface area (Å²) in [5.41, 5.74) is 4.77. The lowest BCUT2D eigenvalue weighted by Gasteiger charge is -2.31. The molecule has 7 heteroatoms. The molecule has 120 valence electrons. The van der Waals surface area contributed by atoms with Crippen LogP contribution in [0.3, 0.4) is 0 Å². The van der Waals surface area contributed by atoms with Crippen LogP contribution in [0.1, 0.15) is 47.2 Å². The molecular formula is C15H21N3O4. The van der Waals surface area contributed by atoms with E-state index in [2.05, 4.69) is 15.0 Å². The van der Waals surface area contributed by atoms with Crippen molar-refractivity contribution in [1.82, 2.24) is 10.3 Å². The number of nitrogens with one attached hydrogen (secondary N) is 1. The van der Waals surface area contributed by atoms with E-state index in [1.54, 1.807) is 20.8 Å². The number of esters is 1.